The summed E-state index contributed by atoms with van der Waals surface area (Å²) in [6.45, 7) is 4.54. The highest BCUT2D eigenvalue weighted by Crippen LogP contribution is 2.49. The van der Waals surface area contributed by atoms with E-state index in [-0.39, 0.29) is 12.0 Å². The number of methoxy groups -OCH3 is 1. The SMILES string of the molecule is CC[C@H]1C[N+]2(F)CC[C@H]1C[C@@H]2[C@@H](OC(C)=O)c1ccnc2ccc(OC)cc12. The molecule has 3 aliphatic heterocycles. The normalized spacial score (nSPS) is 30.2. The van der Waals surface area contributed by atoms with E-state index in [1.807, 2.05) is 24.3 Å². The molecule has 28 heavy (non-hydrogen) atoms. The standard InChI is InChI=1S/C22H28FN2O3/c1-4-15-13-25(23)10-8-16(15)11-21(25)22(28-14(2)26)18-7-9-24-20-6-5-17(27-3)12-19(18)20/h5-7,9,12,15-16,21-22H,4,8,10-11,13H2,1-3H3/q+1/t15-,16-,21+,22-,25?/m0/s1. The maximum absolute atomic E-state index is 16.1. The first-order valence-corrected chi connectivity index (χ1v) is 10.1. The maximum Gasteiger partial charge on any atom is 0.303 e. The fraction of sp³-hybridized carbons (Fsp3) is 0.545. The lowest BCUT2D eigenvalue weighted by Gasteiger charge is -2.51. The largest absolute Gasteiger partial charge is 0.497 e. The van der Waals surface area contributed by atoms with Crippen LogP contribution in [0, 0.1) is 11.8 Å². The topological polar surface area (TPSA) is 48.4 Å². The highest BCUT2D eigenvalue weighted by molar-refractivity contribution is 5.84. The highest BCUT2D eigenvalue weighted by Gasteiger charge is 2.57. The number of carbonyl (C=O) groups excluding carboxylic acids is 1. The number of quaternary nitrogens is 1. The summed E-state index contributed by atoms with van der Waals surface area (Å²) in [5.41, 5.74) is 1.59. The number of piperidine rings is 3. The molecule has 1 aromatic carbocycles. The minimum Gasteiger partial charge on any atom is -0.497 e. The van der Waals surface area contributed by atoms with Gasteiger partial charge < -0.3 is 9.47 Å². The number of hydrogen-bond acceptors (Lipinski definition) is 4. The van der Waals surface area contributed by atoms with Crippen LogP contribution in [0.25, 0.3) is 10.9 Å². The Morgan fingerprint density at radius 2 is 2.21 bits per heavy atom. The number of hydrogen-bond donors (Lipinski definition) is 0. The van der Waals surface area contributed by atoms with Crippen LogP contribution < -0.4 is 4.74 Å². The second-order valence-electron chi connectivity index (χ2n) is 8.16. The number of nitrogens with zero attached hydrogens (tertiary/aromatic N) is 2. The zero-order chi connectivity index (χ0) is 19.9. The fourth-order valence-electron chi connectivity index (χ4n) is 5.24. The lowest BCUT2D eigenvalue weighted by atomic mass is 9.72. The van der Waals surface area contributed by atoms with E-state index in [1.165, 1.54) is 6.92 Å². The van der Waals surface area contributed by atoms with Crippen molar-refractivity contribution in [2.45, 2.75) is 45.3 Å². The molecule has 0 aliphatic carbocycles. The van der Waals surface area contributed by atoms with Gasteiger partial charge in [-0.05, 0) is 41.1 Å². The van der Waals surface area contributed by atoms with E-state index in [9.17, 15) is 4.79 Å². The zero-order valence-electron chi connectivity index (χ0n) is 16.7. The van der Waals surface area contributed by atoms with Crippen LogP contribution in [0.4, 0.5) is 4.48 Å². The van der Waals surface area contributed by atoms with Crippen LogP contribution in [0.1, 0.15) is 44.8 Å². The van der Waals surface area contributed by atoms with Gasteiger partial charge in [0, 0.05) is 42.8 Å². The third kappa shape index (κ3) is 3.24. The Balaban J connectivity index is 1.80. The van der Waals surface area contributed by atoms with Crippen LogP contribution in [-0.4, -0.2) is 41.9 Å². The van der Waals surface area contributed by atoms with E-state index < -0.39 is 10.8 Å². The summed E-state index contributed by atoms with van der Waals surface area (Å²) in [5, 5.41) is 0.842. The fourth-order valence-corrected chi connectivity index (χ4v) is 5.24. The molecule has 0 saturated carbocycles. The summed E-state index contributed by atoms with van der Waals surface area (Å²) >= 11 is 0. The van der Waals surface area contributed by atoms with Crippen LogP contribution in [0.15, 0.2) is 30.5 Å². The van der Waals surface area contributed by atoms with Crippen molar-refractivity contribution < 1.29 is 23.5 Å². The van der Waals surface area contributed by atoms with Crippen LogP contribution in [-0.2, 0) is 9.53 Å². The van der Waals surface area contributed by atoms with Gasteiger partial charge in [-0.15, -0.1) is 4.71 Å². The van der Waals surface area contributed by atoms with Crippen molar-refractivity contribution in [3.63, 3.8) is 0 Å². The number of halogens is 1. The minimum absolute atomic E-state index is 0.387. The van der Waals surface area contributed by atoms with Crippen molar-refractivity contribution in [2.75, 3.05) is 20.2 Å². The Labute approximate surface area is 165 Å². The first-order valence-electron chi connectivity index (χ1n) is 10.1. The van der Waals surface area contributed by atoms with Crippen LogP contribution in [0.3, 0.4) is 0 Å². The summed E-state index contributed by atoms with van der Waals surface area (Å²) in [5.74, 6) is 1.21. The predicted octanol–water partition coefficient (Wildman–Crippen LogP) is 4.37. The van der Waals surface area contributed by atoms with Crippen molar-refractivity contribution in [1.29, 1.82) is 0 Å². The number of aromatic nitrogens is 1. The molecule has 2 bridgehead atoms. The molecule has 150 valence electrons. The Kier molecular flexibility index (Phi) is 5.00. The van der Waals surface area contributed by atoms with E-state index in [2.05, 4.69) is 11.9 Å². The van der Waals surface area contributed by atoms with Gasteiger partial charge in [0.15, 0.2) is 12.1 Å². The molecule has 3 saturated heterocycles. The van der Waals surface area contributed by atoms with Crippen molar-refractivity contribution in [1.82, 2.24) is 4.98 Å². The highest BCUT2D eigenvalue weighted by atomic mass is 19.2. The monoisotopic (exact) mass is 387 g/mol. The van der Waals surface area contributed by atoms with Gasteiger partial charge in [0.1, 0.15) is 18.8 Å². The number of rotatable bonds is 5. The van der Waals surface area contributed by atoms with Crippen molar-refractivity contribution in [3.8, 4) is 5.75 Å². The Morgan fingerprint density at radius 3 is 2.89 bits per heavy atom. The molecule has 2 aromatic rings. The van der Waals surface area contributed by atoms with Gasteiger partial charge in [-0.3, -0.25) is 9.78 Å². The molecule has 0 amide bonds. The molecule has 4 heterocycles. The summed E-state index contributed by atoms with van der Waals surface area (Å²) in [7, 11) is 1.61. The Morgan fingerprint density at radius 1 is 1.39 bits per heavy atom. The number of carbonyl (C=O) groups is 1. The molecule has 3 aliphatic rings. The van der Waals surface area contributed by atoms with Crippen LogP contribution in [0.2, 0.25) is 0 Å². The van der Waals surface area contributed by atoms with Gasteiger partial charge in [0.2, 0.25) is 0 Å². The predicted molar refractivity (Wildman–Crippen MR) is 104 cm³/mol. The van der Waals surface area contributed by atoms with Crippen molar-refractivity contribution >= 4 is 16.9 Å². The molecule has 0 spiro atoms. The quantitative estimate of drug-likeness (QED) is 0.565. The average Bonchev–Trinajstić information content (AvgIpc) is 2.70. The van der Waals surface area contributed by atoms with E-state index in [1.54, 1.807) is 13.3 Å². The second kappa shape index (κ2) is 7.32. The summed E-state index contributed by atoms with van der Waals surface area (Å²) < 4.78 is 26.7. The zero-order valence-corrected chi connectivity index (χ0v) is 16.7. The number of ether oxygens (including phenoxy) is 2. The molecule has 0 radical (unpaired) electrons. The van der Waals surface area contributed by atoms with E-state index in [4.69, 9.17) is 9.47 Å². The first-order chi connectivity index (χ1) is 13.4. The molecular weight excluding hydrogens is 359 g/mol. The lowest BCUT2D eigenvalue weighted by Crippen LogP contribution is -2.64. The summed E-state index contributed by atoms with van der Waals surface area (Å²) in [6, 6.07) is 7.08. The third-order valence-electron chi connectivity index (χ3n) is 6.67. The van der Waals surface area contributed by atoms with Gasteiger partial charge in [-0.2, -0.15) is 0 Å². The first kappa shape index (κ1) is 19.1. The van der Waals surface area contributed by atoms with E-state index >= 15 is 4.48 Å². The molecule has 5 rings (SSSR count). The van der Waals surface area contributed by atoms with Crippen LogP contribution >= 0.6 is 0 Å². The summed E-state index contributed by atoms with van der Waals surface area (Å²) in [6.07, 6.45) is 3.70. The van der Waals surface area contributed by atoms with Gasteiger partial charge in [0.25, 0.3) is 0 Å². The molecule has 5 atom stereocenters. The van der Waals surface area contributed by atoms with E-state index in [0.29, 0.717) is 30.7 Å². The Hall–Kier alpha value is -2.21. The van der Waals surface area contributed by atoms with Crippen molar-refractivity contribution in [2.24, 2.45) is 11.8 Å². The number of pyridine rings is 1. The second-order valence-corrected chi connectivity index (χ2v) is 8.16. The molecule has 3 fully saturated rings. The molecule has 0 N–H and O–H groups in total. The molecular formula is C22H28FN2O3+. The lowest BCUT2D eigenvalue weighted by molar-refractivity contribution is -1.09. The van der Waals surface area contributed by atoms with Gasteiger partial charge >= 0.3 is 5.97 Å². The smallest absolute Gasteiger partial charge is 0.303 e. The maximum atomic E-state index is 16.1. The number of esters is 1. The van der Waals surface area contributed by atoms with Gasteiger partial charge in [-0.1, -0.05) is 6.92 Å². The molecule has 1 aromatic heterocycles. The molecule has 6 heteroatoms. The van der Waals surface area contributed by atoms with Crippen LogP contribution in [0.5, 0.6) is 5.75 Å². The summed E-state index contributed by atoms with van der Waals surface area (Å²) in [4.78, 5) is 16.4. The Bertz CT molecular complexity index is 889. The van der Waals surface area contributed by atoms with Gasteiger partial charge in [0.05, 0.1) is 12.6 Å². The van der Waals surface area contributed by atoms with E-state index in [0.717, 1.165) is 35.7 Å². The van der Waals surface area contributed by atoms with Gasteiger partial charge in [-0.25, -0.2) is 0 Å². The molecule has 5 nitrogen and oxygen atoms in total. The number of benzene rings is 1. The third-order valence-corrected chi connectivity index (χ3v) is 6.67. The minimum atomic E-state index is -0.638. The number of fused-ring (bicyclic) bond motifs is 4. The van der Waals surface area contributed by atoms with Crippen molar-refractivity contribution in [3.05, 3.63) is 36.0 Å². The molecule has 1 unspecified atom stereocenters. The average molecular weight is 387 g/mol.